The highest BCUT2D eigenvalue weighted by atomic mass is 16.2. The minimum atomic E-state index is -0.0847. The van der Waals surface area contributed by atoms with Crippen LogP contribution in [0.2, 0.25) is 0 Å². The lowest BCUT2D eigenvalue weighted by Crippen LogP contribution is -2.49. The number of carbonyl (C=O) groups is 2. The molecule has 1 saturated heterocycles. The summed E-state index contributed by atoms with van der Waals surface area (Å²) in [7, 11) is 1.91. The van der Waals surface area contributed by atoms with Gasteiger partial charge in [0.2, 0.25) is 11.8 Å². The highest BCUT2D eigenvalue weighted by molar-refractivity contribution is 5.84. The monoisotopic (exact) mass is 304 g/mol. The van der Waals surface area contributed by atoms with Crippen LogP contribution in [0, 0.1) is 5.92 Å². The average molecular weight is 304 g/mol. The van der Waals surface area contributed by atoms with Gasteiger partial charge < -0.3 is 14.8 Å². The zero-order valence-corrected chi connectivity index (χ0v) is 13.1. The molecule has 1 aromatic rings. The van der Waals surface area contributed by atoms with Gasteiger partial charge in [-0.3, -0.25) is 9.59 Å². The fourth-order valence-electron chi connectivity index (χ4n) is 3.53. The van der Waals surface area contributed by atoms with Crippen LogP contribution in [0.4, 0.5) is 0 Å². The summed E-state index contributed by atoms with van der Waals surface area (Å²) in [5.41, 5.74) is 0. The predicted molar refractivity (Wildman–Crippen MR) is 81.7 cm³/mol. The van der Waals surface area contributed by atoms with Gasteiger partial charge in [0.25, 0.3) is 0 Å². The maximum atomic E-state index is 12.4. The van der Waals surface area contributed by atoms with Crippen LogP contribution < -0.4 is 5.32 Å². The molecule has 1 aliphatic heterocycles. The molecule has 1 atom stereocenters. The topological polar surface area (TPSA) is 67.2 Å². The van der Waals surface area contributed by atoms with Crippen molar-refractivity contribution in [3.63, 3.8) is 0 Å². The van der Waals surface area contributed by atoms with E-state index in [-0.39, 0.29) is 17.7 Å². The number of piperidine rings is 1. The third-order valence-corrected chi connectivity index (χ3v) is 4.92. The number of nitrogens with zero attached hydrogens (tertiary/aromatic N) is 3. The van der Waals surface area contributed by atoms with E-state index in [4.69, 9.17) is 0 Å². The summed E-state index contributed by atoms with van der Waals surface area (Å²) in [6.07, 6.45) is 9.33. The first-order valence-corrected chi connectivity index (χ1v) is 8.18. The lowest BCUT2D eigenvalue weighted by molar-refractivity contribution is -0.140. The van der Waals surface area contributed by atoms with E-state index in [0.717, 1.165) is 18.7 Å². The van der Waals surface area contributed by atoms with E-state index in [9.17, 15) is 9.59 Å². The molecule has 1 aliphatic carbocycles. The van der Waals surface area contributed by atoms with Gasteiger partial charge in [0.1, 0.15) is 5.82 Å². The standard InChI is InChI=1S/C16H24N4O2/c1-19-9-8-17-14(19)10-18-16(22)12-6-7-15(21)20(11-12)13-4-2-3-5-13/h8-9,12-13H,2-7,10-11H2,1H3,(H,18,22). The van der Waals surface area contributed by atoms with E-state index in [1.54, 1.807) is 6.20 Å². The van der Waals surface area contributed by atoms with Crippen molar-refractivity contribution in [3.05, 3.63) is 18.2 Å². The Morgan fingerprint density at radius 2 is 2.14 bits per heavy atom. The number of carbonyl (C=O) groups excluding carboxylic acids is 2. The van der Waals surface area contributed by atoms with Crippen molar-refractivity contribution in [3.8, 4) is 0 Å². The summed E-state index contributed by atoms with van der Waals surface area (Å²) >= 11 is 0. The van der Waals surface area contributed by atoms with Crippen molar-refractivity contribution >= 4 is 11.8 Å². The SMILES string of the molecule is Cn1ccnc1CNC(=O)C1CCC(=O)N(C2CCCC2)C1. The quantitative estimate of drug-likeness (QED) is 0.909. The largest absolute Gasteiger partial charge is 0.349 e. The van der Waals surface area contributed by atoms with Gasteiger partial charge in [0.15, 0.2) is 0 Å². The molecule has 6 nitrogen and oxygen atoms in total. The molecule has 0 aromatic carbocycles. The van der Waals surface area contributed by atoms with Crippen molar-refractivity contribution in [1.29, 1.82) is 0 Å². The maximum absolute atomic E-state index is 12.4. The summed E-state index contributed by atoms with van der Waals surface area (Å²) in [6.45, 7) is 1.02. The van der Waals surface area contributed by atoms with Gasteiger partial charge in [-0.15, -0.1) is 0 Å². The first-order chi connectivity index (χ1) is 10.6. The molecule has 0 spiro atoms. The Kier molecular flexibility index (Phi) is 4.45. The molecule has 1 unspecified atom stereocenters. The number of nitrogens with one attached hydrogen (secondary N) is 1. The maximum Gasteiger partial charge on any atom is 0.225 e. The number of imidazole rings is 1. The summed E-state index contributed by atoms with van der Waals surface area (Å²) < 4.78 is 1.90. The number of likely N-dealkylation sites (tertiary alicyclic amines) is 1. The molecule has 120 valence electrons. The highest BCUT2D eigenvalue weighted by Crippen LogP contribution is 2.28. The van der Waals surface area contributed by atoms with Gasteiger partial charge in [-0.25, -0.2) is 4.98 Å². The van der Waals surface area contributed by atoms with E-state index in [1.165, 1.54) is 12.8 Å². The normalized spacial score (nSPS) is 23.0. The van der Waals surface area contributed by atoms with Crippen LogP contribution in [0.15, 0.2) is 12.4 Å². The molecule has 1 saturated carbocycles. The third-order valence-electron chi connectivity index (χ3n) is 4.92. The molecular formula is C16H24N4O2. The number of hydrogen-bond acceptors (Lipinski definition) is 3. The van der Waals surface area contributed by atoms with Crippen LogP contribution in [-0.2, 0) is 23.2 Å². The van der Waals surface area contributed by atoms with Gasteiger partial charge in [0, 0.05) is 38.4 Å². The van der Waals surface area contributed by atoms with Crippen LogP contribution in [0.25, 0.3) is 0 Å². The molecule has 0 radical (unpaired) electrons. The molecule has 2 fully saturated rings. The number of hydrogen-bond donors (Lipinski definition) is 1. The minimum Gasteiger partial charge on any atom is -0.349 e. The Labute approximate surface area is 130 Å². The molecule has 2 heterocycles. The number of aryl methyl sites for hydroxylation is 1. The summed E-state index contributed by atoms with van der Waals surface area (Å²) in [5, 5.41) is 2.96. The third kappa shape index (κ3) is 3.15. The molecular weight excluding hydrogens is 280 g/mol. The van der Waals surface area contributed by atoms with Crippen molar-refractivity contribution in [2.75, 3.05) is 6.54 Å². The van der Waals surface area contributed by atoms with E-state index >= 15 is 0 Å². The Hall–Kier alpha value is -1.85. The predicted octanol–water partition coefficient (Wildman–Crippen LogP) is 1.22. The number of aromatic nitrogens is 2. The van der Waals surface area contributed by atoms with Gasteiger partial charge in [0.05, 0.1) is 12.5 Å². The fourth-order valence-corrected chi connectivity index (χ4v) is 3.53. The zero-order valence-electron chi connectivity index (χ0n) is 13.1. The lowest BCUT2D eigenvalue weighted by Gasteiger charge is -2.36. The van der Waals surface area contributed by atoms with Crippen molar-refractivity contribution < 1.29 is 9.59 Å². The molecule has 6 heteroatoms. The van der Waals surface area contributed by atoms with Crippen molar-refractivity contribution in [2.45, 2.75) is 51.1 Å². The molecule has 0 bridgehead atoms. The molecule has 2 aliphatic rings. The van der Waals surface area contributed by atoms with E-state index < -0.39 is 0 Å². The van der Waals surface area contributed by atoms with E-state index in [0.29, 0.717) is 32.0 Å². The summed E-state index contributed by atoms with van der Waals surface area (Å²) in [4.78, 5) is 30.7. The van der Waals surface area contributed by atoms with Crippen LogP contribution in [0.3, 0.4) is 0 Å². The van der Waals surface area contributed by atoms with Crippen LogP contribution in [0.1, 0.15) is 44.3 Å². The van der Waals surface area contributed by atoms with Gasteiger partial charge in [-0.1, -0.05) is 12.8 Å². The number of amides is 2. The second-order valence-electron chi connectivity index (χ2n) is 6.39. The molecule has 22 heavy (non-hydrogen) atoms. The highest BCUT2D eigenvalue weighted by Gasteiger charge is 2.35. The van der Waals surface area contributed by atoms with Gasteiger partial charge in [-0.05, 0) is 19.3 Å². The first kappa shape index (κ1) is 15.1. The molecule has 1 N–H and O–H groups in total. The number of rotatable bonds is 4. The lowest BCUT2D eigenvalue weighted by atomic mass is 9.95. The van der Waals surface area contributed by atoms with Crippen LogP contribution >= 0.6 is 0 Å². The van der Waals surface area contributed by atoms with Gasteiger partial charge >= 0.3 is 0 Å². The summed E-state index contributed by atoms with van der Waals surface area (Å²) in [5.74, 6) is 1.02. The summed E-state index contributed by atoms with van der Waals surface area (Å²) in [6, 6.07) is 0.359. The second-order valence-corrected chi connectivity index (χ2v) is 6.39. The average Bonchev–Trinajstić information content (AvgIpc) is 3.17. The molecule has 1 aromatic heterocycles. The minimum absolute atomic E-state index is 0.0403. The fraction of sp³-hybridized carbons (Fsp3) is 0.688. The van der Waals surface area contributed by atoms with E-state index in [1.807, 2.05) is 22.7 Å². The van der Waals surface area contributed by atoms with E-state index in [2.05, 4.69) is 10.3 Å². The smallest absolute Gasteiger partial charge is 0.225 e. The first-order valence-electron chi connectivity index (χ1n) is 8.18. The van der Waals surface area contributed by atoms with Crippen molar-refractivity contribution in [2.24, 2.45) is 13.0 Å². The van der Waals surface area contributed by atoms with Crippen LogP contribution in [-0.4, -0.2) is 38.9 Å². The second kappa shape index (κ2) is 6.50. The Morgan fingerprint density at radius 1 is 1.36 bits per heavy atom. The Morgan fingerprint density at radius 3 is 2.82 bits per heavy atom. The van der Waals surface area contributed by atoms with Gasteiger partial charge in [-0.2, -0.15) is 0 Å². The Balaban J connectivity index is 1.56. The van der Waals surface area contributed by atoms with Crippen molar-refractivity contribution in [1.82, 2.24) is 19.8 Å². The molecule has 2 amide bonds. The zero-order chi connectivity index (χ0) is 15.5. The molecule has 3 rings (SSSR count). The Bertz CT molecular complexity index is 548. The van der Waals surface area contributed by atoms with Crippen LogP contribution in [0.5, 0.6) is 0 Å².